The van der Waals surface area contributed by atoms with Gasteiger partial charge in [-0.3, -0.25) is 10.1 Å². The third kappa shape index (κ3) is 4.32. The number of halogens is 1. The maximum Gasteiger partial charge on any atom is 0.135 e. The zero-order valence-corrected chi connectivity index (χ0v) is 20.7. The molecule has 0 aliphatic heterocycles. The van der Waals surface area contributed by atoms with Crippen LogP contribution in [0.25, 0.3) is 55.7 Å². The number of methoxy groups -OCH3 is 1. The highest BCUT2D eigenvalue weighted by Gasteiger charge is 2.16. The Kier molecular flexibility index (Phi) is 5.65. The monoisotopic (exact) mass is 492 g/mol. The van der Waals surface area contributed by atoms with Gasteiger partial charge in [-0.25, -0.2) is 9.37 Å². The molecule has 0 bridgehead atoms. The zero-order valence-electron chi connectivity index (χ0n) is 20.7. The molecule has 0 atom stereocenters. The van der Waals surface area contributed by atoms with Crippen LogP contribution >= 0.6 is 0 Å². The van der Waals surface area contributed by atoms with E-state index in [0.29, 0.717) is 11.4 Å². The minimum atomic E-state index is -0.346. The van der Waals surface area contributed by atoms with Crippen molar-refractivity contribution in [2.24, 2.45) is 0 Å². The van der Waals surface area contributed by atoms with Gasteiger partial charge in [0.15, 0.2) is 0 Å². The molecular weight excluding hydrogens is 467 g/mol. The number of aromatic nitrogens is 5. The second-order valence-corrected chi connectivity index (χ2v) is 9.31. The van der Waals surface area contributed by atoms with E-state index >= 15 is 0 Å². The van der Waals surface area contributed by atoms with Crippen molar-refractivity contribution in [1.82, 2.24) is 30.0 Å². The van der Waals surface area contributed by atoms with Crippen LogP contribution in [-0.2, 0) is 6.54 Å². The summed E-state index contributed by atoms with van der Waals surface area (Å²) in [4.78, 5) is 14.9. The lowest BCUT2D eigenvalue weighted by molar-refractivity contribution is 0.402. The van der Waals surface area contributed by atoms with Gasteiger partial charge in [0, 0.05) is 41.5 Å². The van der Waals surface area contributed by atoms with Gasteiger partial charge in [0.1, 0.15) is 22.8 Å². The van der Waals surface area contributed by atoms with Crippen LogP contribution in [0.3, 0.4) is 0 Å². The topological polar surface area (TPSA) is 82.7 Å². The van der Waals surface area contributed by atoms with Gasteiger partial charge in [0.2, 0.25) is 0 Å². The van der Waals surface area contributed by atoms with Crippen LogP contribution in [-0.4, -0.2) is 51.3 Å². The zero-order chi connectivity index (χ0) is 25.5. The maximum absolute atomic E-state index is 14.3. The molecule has 184 valence electrons. The first-order valence-electron chi connectivity index (χ1n) is 11.9. The lowest BCUT2D eigenvalue weighted by atomic mass is 10.0. The fourth-order valence-electron chi connectivity index (χ4n) is 4.70. The molecule has 0 unspecified atom stereocenters. The number of hydrogen-bond donors (Lipinski definition) is 2. The molecule has 8 heteroatoms. The lowest BCUT2D eigenvalue weighted by Gasteiger charge is -2.10. The number of rotatable bonds is 6. The van der Waals surface area contributed by atoms with Crippen molar-refractivity contribution in [1.29, 1.82) is 0 Å². The third-order valence-corrected chi connectivity index (χ3v) is 6.33. The van der Waals surface area contributed by atoms with Gasteiger partial charge in [-0.15, -0.1) is 0 Å². The van der Waals surface area contributed by atoms with E-state index in [4.69, 9.17) is 9.72 Å². The lowest BCUT2D eigenvalue weighted by Crippen LogP contribution is -2.10. The van der Waals surface area contributed by atoms with Crippen molar-refractivity contribution in [3.05, 3.63) is 84.4 Å². The molecule has 0 spiro atoms. The van der Waals surface area contributed by atoms with E-state index in [2.05, 4.69) is 31.1 Å². The normalized spacial score (nSPS) is 11.6. The number of benzene rings is 2. The molecule has 6 rings (SSSR count). The Morgan fingerprint density at radius 2 is 1.84 bits per heavy atom. The number of nitrogens with zero attached hydrogens (tertiary/aromatic N) is 4. The van der Waals surface area contributed by atoms with Crippen molar-refractivity contribution in [2.45, 2.75) is 6.54 Å². The number of H-pyrrole nitrogens is 2. The van der Waals surface area contributed by atoms with Crippen LogP contribution < -0.4 is 4.74 Å². The van der Waals surface area contributed by atoms with Gasteiger partial charge >= 0.3 is 0 Å². The summed E-state index contributed by atoms with van der Waals surface area (Å²) in [6, 6.07) is 18.7. The molecule has 2 aromatic carbocycles. The average Bonchev–Trinajstić information content (AvgIpc) is 3.51. The molecule has 0 amide bonds. The molecule has 7 nitrogen and oxygen atoms in total. The second kappa shape index (κ2) is 9.15. The van der Waals surface area contributed by atoms with Gasteiger partial charge in [-0.1, -0.05) is 12.1 Å². The van der Waals surface area contributed by atoms with Gasteiger partial charge in [-0.05, 0) is 73.3 Å². The van der Waals surface area contributed by atoms with Gasteiger partial charge < -0.3 is 14.6 Å². The van der Waals surface area contributed by atoms with Crippen molar-refractivity contribution in [2.75, 3.05) is 21.2 Å². The summed E-state index contributed by atoms with van der Waals surface area (Å²) in [5.74, 6) is 0.128. The Labute approximate surface area is 213 Å². The summed E-state index contributed by atoms with van der Waals surface area (Å²) in [5.41, 5.74) is 8.59. The quantitative estimate of drug-likeness (QED) is 0.296. The summed E-state index contributed by atoms with van der Waals surface area (Å²) in [6.45, 7) is 0.800. The van der Waals surface area contributed by atoms with E-state index in [0.717, 1.165) is 62.1 Å². The molecule has 0 saturated carbocycles. The number of ether oxygens (including phenoxy) is 1. The van der Waals surface area contributed by atoms with Crippen LogP contribution in [0.4, 0.5) is 4.39 Å². The Morgan fingerprint density at radius 3 is 2.68 bits per heavy atom. The second-order valence-electron chi connectivity index (χ2n) is 9.31. The smallest absolute Gasteiger partial charge is 0.135 e. The first-order valence-corrected chi connectivity index (χ1v) is 11.9. The Hall–Kier alpha value is -4.56. The summed E-state index contributed by atoms with van der Waals surface area (Å²) in [7, 11) is 5.60. The van der Waals surface area contributed by atoms with E-state index in [1.165, 1.54) is 19.2 Å². The Morgan fingerprint density at radius 1 is 0.946 bits per heavy atom. The highest BCUT2D eigenvalue weighted by molar-refractivity contribution is 6.00. The van der Waals surface area contributed by atoms with E-state index in [1.807, 2.05) is 69.0 Å². The molecule has 2 N–H and O–H groups in total. The van der Waals surface area contributed by atoms with Crippen LogP contribution in [0.1, 0.15) is 5.56 Å². The largest absolute Gasteiger partial charge is 0.497 e. The van der Waals surface area contributed by atoms with E-state index < -0.39 is 0 Å². The average molecular weight is 493 g/mol. The van der Waals surface area contributed by atoms with Crippen LogP contribution in [0.15, 0.2) is 73.1 Å². The predicted octanol–water partition coefficient (Wildman–Crippen LogP) is 6.04. The highest BCUT2D eigenvalue weighted by atomic mass is 19.1. The first-order chi connectivity index (χ1) is 18.0. The Balaban J connectivity index is 1.45. The summed E-state index contributed by atoms with van der Waals surface area (Å²) in [5, 5.41) is 8.63. The minimum absolute atomic E-state index is 0.346. The molecular formula is C29H25FN6O. The van der Waals surface area contributed by atoms with E-state index in [-0.39, 0.29) is 5.82 Å². The van der Waals surface area contributed by atoms with Crippen molar-refractivity contribution in [3.63, 3.8) is 0 Å². The number of fused-ring (bicyclic) bond motifs is 2. The number of hydrogen-bond acceptors (Lipinski definition) is 5. The number of nitrogens with one attached hydrogen (secondary N) is 2. The van der Waals surface area contributed by atoms with Crippen molar-refractivity contribution in [3.8, 4) is 39.5 Å². The van der Waals surface area contributed by atoms with Gasteiger partial charge in [0.05, 0.1) is 24.0 Å². The predicted molar refractivity (Wildman–Crippen MR) is 144 cm³/mol. The number of aromatic amines is 2. The summed E-state index contributed by atoms with van der Waals surface area (Å²) < 4.78 is 19.5. The molecule has 0 fully saturated rings. The third-order valence-electron chi connectivity index (χ3n) is 6.33. The van der Waals surface area contributed by atoms with E-state index in [9.17, 15) is 4.39 Å². The minimum Gasteiger partial charge on any atom is -0.497 e. The van der Waals surface area contributed by atoms with Crippen LogP contribution in [0.5, 0.6) is 5.75 Å². The summed E-state index contributed by atoms with van der Waals surface area (Å²) >= 11 is 0. The number of pyridine rings is 2. The molecule has 37 heavy (non-hydrogen) atoms. The summed E-state index contributed by atoms with van der Waals surface area (Å²) in [6.07, 6.45) is 3.71. The standard InChI is InChI=1S/C29H25FN6O/c1-36(2)16-17-9-19(15-31-14-17)24-7-8-26-28(33-24)29(35-34-26)27-13-23-22(5-4-6-25(23)32-27)18-10-20(30)12-21(11-18)37-3/h4-15,32H,16H2,1-3H3,(H,34,35). The molecule has 0 radical (unpaired) electrons. The van der Waals surface area contributed by atoms with Crippen LogP contribution in [0.2, 0.25) is 0 Å². The van der Waals surface area contributed by atoms with Crippen molar-refractivity contribution >= 4 is 21.9 Å². The molecule has 4 heterocycles. The Bertz CT molecular complexity index is 1750. The molecule has 0 aliphatic rings. The maximum atomic E-state index is 14.3. The van der Waals surface area contributed by atoms with Crippen molar-refractivity contribution < 1.29 is 9.13 Å². The molecule has 0 saturated heterocycles. The van der Waals surface area contributed by atoms with Gasteiger partial charge in [0.25, 0.3) is 0 Å². The first kappa shape index (κ1) is 22.9. The molecule has 0 aliphatic carbocycles. The fourth-order valence-corrected chi connectivity index (χ4v) is 4.70. The molecule has 6 aromatic rings. The fraction of sp³-hybridized carbons (Fsp3) is 0.138. The van der Waals surface area contributed by atoms with E-state index in [1.54, 1.807) is 0 Å². The SMILES string of the molecule is COc1cc(F)cc(-c2cccc3[nH]c(-c4n[nH]c5ccc(-c6cncc(CN(C)C)c6)nc45)cc23)c1. The molecule has 4 aromatic heterocycles. The highest BCUT2D eigenvalue weighted by Crippen LogP contribution is 2.35. The van der Waals surface area contributed by atoms with Crippen LogP contribution in [0, 0.1) is 5.82 Å². The van der Waals surface area contributed by atoms with Gasteiger partial charge in [-0.2, -0.15) is 5.10 Å².